The maximum Gasteiger partial charge on any atom is 0.294 e. The predicted molar refractivity (Wildman–Crippen MR) is 127 cm³/mol. The number of carbonyl (C=O) groups excluding carboxylic acids is 1. The number of anilines is 1. The highest BCUT2D eigenvalue weighted by atomic mass is 32.2. The molecule has 0 spiro atoms. The van der Waals surface area contributed by atoms with Gasteiger partial charge in [0.1, 0.15) is 0 Å². The fraction of sp³-hybridized carbons (Fsp3) is 0.0952. The summed E-state index contributed by atoms with van der Waals surface area (Å²) in [6.45, 7) is 3.31. The number of H-pyrrole nitrogens is 1. The molecule has 1 amide bonds. The Bertz CT molecular complexity index is 1500. The van der Waals surface area contributed by atoms with Crippen molar-refractivity contribution in [1.29, 1.82) is 0 Å². The zero-order valence-corrected chi connectivity index (χ0v) is 19.8. The van der Waals surface area contributed by atoms with E-state index in [-0.39, 0.29) is 16.0 Å². The fourth-order valence-electron chi connectivity index (χ4n) is 3.38. The van der Waals surface area contributed by atoms with Crippen LogP contribution >= 0.6 is 12.0 Å². The van der Waals surface area contributed by atoms with E-state index in [1.807, 2.05) is 0 Å². The summed E-state index contributed by atoms with van der Waals surface area (Å²) in [6.07, 6.45) is 1.45. The van der Waals surface area contributed by atoms with Crippen molar-refractivity contribution in [3.63, 3.8) is 0 Å². The summed E-state index contributed by atoms with van der Waals surface area (Å²) in [5.74, 6) is -0.429. The first kappa shape index (κ1) is 24.6. The number of aromatic nitrogens is 2. The molecule has 0 radical (unpaired) electrons. The van der Waals surface area contributed by atoms with E-state index >= 15 is 0 Å². The van der Waals surface area contributed by atoms with Gasteiger partial charge in [-0.05, 0) is 68.5 Å². The number of benzene rings is 2. The van der Waals surface area contributed by atoms with Crippen LogP contribution in [0.3, 0.4) is 0 Å². The van der Waals surface area contributed by atoms with Crippen LogP contribution in [0.1, 0.15) is 18.2 Å². The number of amides is 1. The van der Waals surface area contributed by atoms with Gasteiger partial charge in [-0.15, -0.1) is 4.33 Å². The summed E-state index contributed by atoms with van der Waals surface area (Å²) in [6, 6.07) is 11.6. The molecule has 0 fully saturated rings. The van der Waals surface area contributed by atoms with Crippen LogP contribution in [-0.4, -0.2) is 39.6 Å². The van der Waals surface area contributed by atoms with Gasteiger partial charge in [0.15, 0.2) is 0 Å². The average Bonchev–Trinajstić information content (AvgIpc) is 3.27. The lowest BCUT2D eigenvalue weighted by atomic mass is 10.1. The molecule has 0 atom stereocenters. The van der Waals surface area contributed by atoms with E-state index in [9.17, 15) is 18.0 Å². The molecule has 0 saturated carbocycles. The molecule has 1 aliphatic rings. The lowest BCUT2D eigenvalue weighted by molar-refractivity contribution is -0.432. The minimum atomic E-state index is -4.36. The summed E-state index contributed by atoms with van der Waals surface area (Å²) in [5.41, 5.74) is 1.72. The molecule has 1 aliphatic heterocycles. The van der Waals surface area contributed by atoms with E-state index < -0.39 is 21.6 Å². The molecule has 0 saturated heterocycles. The van der Waals surface area contributed by atoms with Crippen molar-refractivity contribution in [2.45, 2.75) is 23.6 Å². The van der Waals surface area contributed by atoms with E-state index in [1.165, 1.54) is 40.0 Å². The molecular weight excluding hydrogens is 500 g/mol. The van der Waals surface area contributed by atoms with Crippen molar-refractivity contribution in [2.24, 2.45) is 5.10 Å². The molecule has 4 rings (SSSR count). The lowest BCUT2D eigenvalue weighted by Gasteiger charge is -2.11. The topological polar surface area (TPSA) is 164 Å². The van der Waals surface area contributed by atoms with Crippen LogP contribution in [0.25, 0.3) is 11.8 Å². The predicted octanol–water partition coefficient (Wildman–Crippen LogP) is 2.96. The third-order valence-electron chi connectivity index (χ3n) is 5.10. The van der Waals surface area contributed by atoms with E-state index in [1.54, 1.807) is 38.1 Å². The van der Waals surface area contributed by atoms with Gasteiger partial charge in [-0.25, -0.2) is 9.94 Å². The number of aryl methyl sites for hydroxylation is 1. The standard InChI is InChI=1S/C21H18N4O8S2/c1-12-18(20(26)24(22-12)14-3-7-16(8-4-14)34-33-32-28)11-19-13(2)23-25(21(19)27)15-5-9-17(10-6-15)35(29,30)31/h3-11,23,28H,1-2H3,(H,29,30,31)/b18-11-. The third-order valence-corrected chi connectivity index (χ3v) is 6.56. The van der Waals surface area contributed by atoms with Crippen LogP contribution < -0.4 is 10.6 Å². The smallest absolute Gasteiger partial charge is 0.294 e. The normalized spacial score (nSPS) is 15.2. The van der Waals surface area contributed by atoms with Crippen molar-refractivity contribution in [3.05, 3.63) is 75.7 Å². The SMILES string of the molecule is CC1=NN(c2ccc(SOOO)cc2)C(=O)/C1=C\c1c(C)[nH]n(-c2ccc(S(=O)(=O)O)cc2)c1=O. The highest BCUT2D eigenvalue weighted by Gasteiger charge is 2.29. The van der Waals surface area contributed by atoms with Gasteiger partial charge < -0.3 is 0 Å². The summed E-state index contributed by atoms with van der Waals surface area (Å²) >= 11 is 0.775. The van der Waals surface area contributed by atoms with Gasteiger partial charge in [0.2, 0.25) is 0 Å². The largest absolute Gasteiger partial charge is 0.295 e. The molecule has 0 unspecified atom stereocenters. The summed E-state index contributed by atoms with van der Waals surface area (Å²) in [7, 11) is -4.36. The third kappa shape index (κ3) is 4.97. The number of aromatic amines is 1. The number of hydrogen-bond acceptors (Lipinski definition) is 9. The highest BCUT2D eigenvalue weighted by Crippen LogP contribution is 2.28. The Morgan fingerprint density at radius 2 is 1.66 bits per heavy atom. The van der Waals surface area contributed by atoms with Crippen LogP contribution in [0.2, 0.25) is 0 Å². The van der Waals surface area contributed by atoms with Crippen molar-refractivity contribution in [1.82, 2.24) is 9.78 Å². The number of carbonyl (C=O) groups is 1. The van der Waals surface area contributed by atoms with E-state index in [0.717, 1.165) is 12.0 Å². The zero-order valence-electron chi connectivity index (χ0n) is 18.2. The summed E-state index contributed by atoms with van der Waals surface area (Å²) in [4.78, 5) is 26.4. The molecular formula is C21H18N4O8S2. The Kier molecular flexibility index (Phi) is 6.75. The van der Waals surface area contributed by atoms with E-state index in [2.05, 4.69) is 19.6 Å². The second kappa shape index (κ2) is 9.61. The van der Waals surface area contributed by atoms with Crippen LogP contribution in [0.5, 0.6) is 0 Å². The number of hydrogen-bond donors (Lipinski definition) is 3. The molecule has 3 N–H and O–H groups in total. The second-order valence-corrected chi connectivity index (χ2v) is 9.54. The number of nitrogens with one attached hydrogen (secondary N) is 1. The van der Waals surface area contributed by atoms with Crippen molar-refractivity contribution in [2.75, 3.05) is 5.01 Å². The minimum absolute atomic E-state index is 0.230. The Balaban J connectivity index is 1.63. The molecule has 2 heterocycles. The fourth-order valence-corrected chi connectivity index (χ4v) is 4.22. The highest BCUT2D eigenvalue weighted by molar-refractivity contribution is 7.94. The molecule has 12 nitrogen and oxygen atoms in total. The van der Waals surface area contributed by atoms with Crippen LogP contribution in [0, 0.1) is 6.92 Å². The summed E-state index contributed by atoms with van der Waals surface area (Å²) < 4.78 is 37.2. The molecule has 14 heteroatoms. The van der Waals surface area contributed by atoms with Crippen molar-refractivity contribution >= 4 is 45.5 Å². The lowest BCUT2D eigenvalue weighted by Crippen LogP contribution is -2.22. The molecule has 0 bridgehead atoms. The van der Waals surface area contributed by atoms with Crippen LogP contribution in [-0.2, 0) is 24.3 Å². The van der Waals surface area contributed by atoms with Crippen molar-refractivity contribution < 1.29 is 32.4 Å². The van der Waals surface area contributed by atoms with Gasteiger partial charge >= 0.3 is 0 Å². The maximum atomic E-state index is 13.1. The van der Waals surface area contributed by atoms with E-state index in [4.69, 9.17) is 9.81 Å². The first-order valence-corrected chi connectivity index (χ1v) is 12.0. The molecule has 35 heavy (non-hydrogen) atoms. The Morgan fingerprint density at radius 3 is 2.26 bits per heavy atom. The first-order chi connectivity index (χ1) is 16.6. The molecule has 0 aliphatic carbocycles. The Labute approximate surface area is 202 Å². The number of rotatable bonds is 7. The van der Waals surface area contributed by atoms with Gasteiger partial charge in [0.25, 0.3) is 21.6 Å². The average molecular weight is 519 g/mol. The van der Waals surface area contributed by atoms with E-state index in [0.29, 0.717) is 27.7 Å². The van der Waals surface area contributed by atoms with Gasteiger partial charge in [0, 0.05) is 10.6 Å². The van der Waals surface area contributed by atoms with Gasteiger partial charge in [-0.3, -0.25) is 19.2 Å². The van der Waals surface area contributed by atoms with Gasteiger partial charge in [-0.2, -0.15) is 18.5 Å². The molecule has 2 aromatic carbocycles. The molecule has 1 aromatic heterocycles. The quantitative estimate of drug-likeness (QED) is 0.140. The second-order valence-electron chi connectivity index (χ2n) is 7.34. The van der Waals surface area contributed by atoms with Gasteiger partial charge in [-0.1, -0.05) is 5.04 Å². The Morgan fingerprint density at radius 1 is 1.03 bits per heavy atom. The number of nitrogens with zero attached hydrogens (tertiary/aromatic N) is 3. The monoisotopic (exact) mass is 518 g/mol. The minimum Gasteiger partial charge on any atom is -0.295 e. The molecule has 182 valence electrons. The zero-order chi connectivity index (χ0) is 25.3. The van der Waals surface area contributed by atoms with Gasteiger partial charge in [0.05, 0.1) is 45.2 Å². The maximum absolute atomic E-state index is 13.1. The van der Waals surface area contributed by atoms with Crippen molar-refractivity contribution in [3.8, 4) is 5.69 Å². The summed E-state index contributed by atoms with van der Waals surface area (Å²) in [5, 5.41) is 20.2. The molecule has 3 aromatic rings. The number of hydrazone groups is 1. The first-order valence-electron chi connectivity index (χ1n) is 9.86. The van der Waals surface area contributed by atoms with Crippen LogP contribution in [0.15, 0.2) is 73.8 Å². The van der Waals surface area contributed by atoms with Crippen LogP contribution in [0.4, 0.5) is 5.69 Å². The Hall–Kier alpha value is -3.53.